The molecule has 1 aromatic heterocycles. The fraction of sp³-hybridized carbons (Fsp3) is 0.214. The number of hydrogen-bond donors (Lipinski definition) is 0. The Kier molecular flexibility index (Phi) is 3.20. The van der Waals surface area contributed by atoms with E-state index >= 15 is 0 Å². The van der Waals surface area contributed by atoms with E-state index in [1.807, 2.05) is 44.3 Å². The summed E-state index contributed by atoms with van der Waals surface area (Å²) < 4.78 is 5.64. The van der Waals surface area contributed by atoms with E-state index in [-0.39, 0.29) is 0 Å². The van der Waals surface area contributed by atoms with Crippen molar-refractivity contribution in [3.63, 3.8) is 0 Å². The molecule has 16 heavy (non-hydrogen) atoms. The Bertz CT molecular complexity index is 465. The van der Waals surface area contributed by atoms with Gasteiger partial charge in [0.05, 0.1) is 0 Å². The highest BCUT2D eigenvalue weighted by Crippen LogP contribution is 2.13. The molecule has 0 aliphatic heterocycles. The zero-order chi connectivity index (χ0) is 11.4. The van der Waals surface area contributed by atoms with E-state index in [1.54, 1.807) is 0 Å². The average Bonchev–Trinajstić information content (AvgIpc) is 2.32. The molecule has 2 aromatic rings. The van der Waals surface area contributed by atoms with Crippen molar-refractivity contribution in [3.05, 3.63) is 59.4 Å². The van der Waals surface area contributed by atoms with Crippen molar-refractivity contribution in [1.82, 2.24) is 4.98 Å². The fourth-order valence-electron chi connectivity index (χ4n) is 1.46. The molecule has 0 unspecified atom stereocenters. The highest BCUT2D eigenvalue weighted by atomic mass is 16.5. The summed E-state index contributed by atoms with van der Waals surface area (Å²) in [4.78, 5) is 4.23. The van der Waals surface area contributed by atoms with Gasteiger partial charge in [-0.2, -0.15) is 0 Å². The second-order valence-corrected chi connectivity index (χ2v) is 3.77. The lowest BCUT2D eigenvalue weighted by molar-refractivity contribution is 0.304. The summed E-state index contributed by atoms with van der Waals surface area (Å²) in [6, 6.07) is 12.7. The summed E-state index contributed by atoms with van der Waals surface area (Å²) in [5.74, 6) is 0.774. The van der Waals surface area contributed by atoms with Crippen molar-refractivity contribution < 1.29 is 4.74 Å². The quantitative estimate of drug-likeness (QED) is 0.780. The molecule has 0 aliphatic carbocycles. The first-order valence-corrected chi connectivity index (χ1v) is 5.27. The molecular formula is C14H14NO. The first kappa shape index (κ1) is 10.7. The van der Waals surface area contributed by atoms with Gasteiger partial charge in [-0.1, -0.05) is 18.2 Å². The van der Waals surface area contributed by atoms with Crippen LogP contribution in [0.2, 0.25) is 0 Å². The molecule has 0 fully saturated rings. The zero-order valence-corrected chi connectivity index (χ0v) is 9.53. The maximum absolute atomic E-state index is 5.64. The minimum atomic E-state index is 0.565. The number of aromatic nitrogens is 1. The summed E-state index contributed by atoms with van der Waals surface area (Å²) in [5.41, 5.74) is 3.34. The number of rotatable bonds is 3. The van der Waals surface area contributed by atoms with Crippen LogP contribution >= 0.6 is 0 Å². The third-order valence-corrected chi connectivity index (χ3v) is 2.42. The monoisotopic (exact) mass is 212 g/mol. The maximum atomic E-state index is 5.64. The number of hydrogen-bond acceptors (Lipinski definition) is 2. The van der Waals surface area contributed by atoms with Crippen LogP contribution in [0, 0.1) is 19.9 Å². The van der Waals surface area contributed by atoms with Crippen LogP contribution < -0.4 is 4.74 Å². The van der Waals surface area contributed by atoms with Crippen LogP contribution in [0.1, 0.15) is 16.8 Å². The van der Waals surface area contributed by atoms with E-state index in [9.17, 15) is 0 Å². The number of nitrogens with zero attached hydrogens (tertiary/aromatic N) is 1. The van der Waals surface area contributed by atoms with Crippen molar-refractivity contribution in [1.29, 1.82) is 0 Å². The van der Waals surface area contributed by atoms with Crippen LogP contribution in [0.25, 0.3) is 0 Å². The predicted molar refractivity (Wildman–Crippen MR) is 63.3 cm³/mol. The summed E-state index contributed by atoms with van der Waals surface area (Å²) in [6.45, 7) is 4.59. The Balaban J connectivity index is 2.08. The highest BCUT2D eigenvalue weighted by Gasteiger charge is 2.00. The van der Waals surface area contributed by atoms with Gasteiger partial charge in [0, 0.05) is 18.0 Å². The van der Waals surface area contributed by atoms with Gasteiger partial charge in [-0.15, -0.1) is 0 Å². The first-order chi connectivity index (χ1) is 7.75. The lowest BCUT2D eigenvalue weighted by atomic mass is 10.1. The van der Waals surface area contributed by atoms with Gasteiger partial charge in [0.2, 0.25) is 0 Å². The van der Waals surface area contributed by atoms with Crippen LogP contribution in [0.4, 0.5) is 0 Å². The standard InChI is InChI=1S/C14H14NO/c1-11-9-15-12(2)8-13(11)10-16-14-6-4-3-5-7-14/h3-6,8-9H,10H2,1-2H3. The van der Waals surface area contributed by atoms with Crippen LogP contribution in [0.3, 0.4) is 0 Å². The largest absolute Gasteiger partial charge is 0.488 e. The third-order valence-electron chi connectivity index (χ3n) is 2.42. The minimum absolute atomic E-state index is 0.565. The number of aryl methyl sites for hydroxylation is 2. The van der Waals surface area contributed by atoms with E-state index in [4.69, 9.17) is 4.74 Å². The topological polar surface area (TPSA) is 22.1 Å². The molecule has 2 nitrogen and oxygen atoms in total. The molecule has 0 bridgehead atoms. The fourth-order valence-corrected chi connectivity index (χ4v) is 1.46. The van der Waals surface area contributed by atoms with Crippen LogP contribution in [0.5, 0.6) is 5.75 Å². The Labute approximate surface area is 95.9 Å². The zero-order valence-electron chi connectivity index (χ0n) is 9.53. The number of para-hydroxylation sites is 1. The maximum Gasteiger partial charge on any atom is 0.127 e. The van der Waals surface area contributed by atoms with E-state index in [0.29, 0.717) is 6.61 Å². The molecule has 1 aromatic carbocycles. The molecule has 1 radical (unpaired) electrons. The van der Waals surface area contributed by atoms with Crippen LogP contribution in [-0.4, -0.2) is 4.98 Å². The molecule has 2 heteroatoms. The Morgan fingerprint density at radius 1 is 1.31 bits per heavy atom. The van der Waals surface area contributed by atoms with Crippen molar-refractivity contribution in [2.45, 2.75) is 20.5 Å². The molecular weight excluding hydrogens is 198 g/mol. The Morgan fingerprint density at radius 3 is 2.94 bits per heavy atom. The molecule has 1 heterocycles. The molecule has 0 N–H and O–H groups in total. The highest BCUT2D eigenvalue weighted by molar-refractivity contribution is 5.26. The average molecular weight is 212 g/mol. The molecule has 0 atom stereocenters. The van der Waals surface area contributed by atoms with Gasteiger partial charge in [0.25, 0.3) is 0 Å². The summed E-state index contributed by atoms with van der Waals surface area (Å²) in [6.07, 6.45) is 1.88. The van der Waals surface area contributed by atoms with Crippen molar-refractivity contribution in [2.24, 2.45) is 0 Å². The molecule has 0 saturated carbocycles. The van der Waals surface area contributed by atoms with Crippen molar-refractivity contribution in [2.75, 3.05) is 0 Å². The van der Waals surface area contributed by atoms with E-state index in [1.165, 1.54) is 5.56 Å². The summed E-state index contributed by atoms with van der Waals surface area (Å²) in [7, 11) is 0. The SMILES string of the molecule is Cc1cc(COc2[c]cccc2)c(C)cn1. The van der Waals surface area contributed by atoms with Gasteiger partial charge in [0.15, 0.2) is 0 Å². The lowest BCUT2D eigenvalue weighted by Gasteiger charge is -2.08. The number of benzene rings is 1. The number of pyridine rings is 1. The summed E-state index contributed by atoms with van der Waals surface area (Å²) in [5, 5.41) is 0. The normalized spacial score (nSPS) is 10.1. The number of ether oxygens (including phenoxy) is 1. The van der Waals surface area contributed by atoms with Gasteiger partial charge in [0.1, 0.15) is 12.4 Å². The summed E-state index contributed by atoms with van der Waals surface area (Å²) >= 11 is 0. The Hall–Kier alpha value is -1.83. The van der Waals surface area contributed by atoms with E-state index < -0.39 is 0 Å². The minimum Gasteiger partial charge on any atom is -0.488 e. The van der Waals surface area contributed by atoms with E-state index in [2.05, 4.69) is 17.1 Å². The van der Waals surface area contributed by atoms with Gasteiger partial charge in [-0.05, 0) is 37.1 Å². The molecule has 0 saturated heterocycles. The first-order valence-electron chi connectivity index (χ1n) is 5.27. The van der Waals surface area contributed by atoms with Crippen molar-refractivity contribution in [3.8, 4) is 5.75 Å². The third kappa shape index (κ3) is 2.60. The van der Waals surface area contributed by atoms with E-state index in [0.717, 1.165) is 17.0 Å². The smallest absolute Gasteiger partial charge is 0.127 e. The second kappa shape index (κ2) is 4.79. The Morgan fingerprint density at radius 2 is 2.19 bits per heavy atom. The lowest BCUT2D eigenvalue weighted by Crippen LogP contribution is -1.99. The van der Waals surface area contributed by atoms with Gasteiger partial charge < -0.3 is 4.74 Å². The second-order valence-electron chi connectivity index (χ2n) is 3.77. The van der Waals surface area contributed by atoms with Crippen molar-refractivity contribution >= 4 is 0 Å². The van der Waals surface area contributed by atoms with Gasteiger partial charge in [-0.25, -0.2) is 0 Å². The molecule has 0 amide bonds. The molecule has 0 spiro atoms. The van der Waals surface area contributed by atoms with Crippen LogP contribution in [-0.2, 0) is 6.61 Å². The molecule has 0 aliphatic rings. The predicted octanol–water partition coefficient (Wildman–Crippen LogP) is 3.08. The molecule has 81 valence electrons. The molecule has 2 rings (SSSR count). The van der Waals surface area contributed by atoms with Gasteiger partial charge in [-0.3, -0.25) is 4.98 Å². The van der Waals surface area contributed by atoms with Gasteiger partial charge >= 0.3 is 0 Å². The van der Waals surface area contributed by atoms with Crippen LogP contribution in [0.15, 0.2) is 36.5 Å².